The molecule has 0 amide bonds. The molecule has 0 aliphatic carbocycles. The average Bonchev–Trinajstić information content (AvgIpc) is 1.65. The molecule has 0 rings (SSSR count). The molecule has 0 spiro atoms. The Hall–Kier alpha value is -0.650. The Morgan fingerprint density at radius 1 is 1.44 bits per heavy atom. The zero-order valence-corrected chi connectivity index (χ0v) is 4.37. The second-order valence-electron chi connectivity index (χ2n) is 1.33. The van der Waals surface area contributed by atoms with Gasteiger partial charge in [-0.15, -0.1) is 0 Å². The smallest absolute Gasteiger partial charge is 0.291 e. The van der Waals surface area contributed by atoms with Gasteiger partial charge in [-0.2, -0.15) is 8.78 Å². The third-order valence-corrected chi connectivity index (χ3v) is 0.636. The molecule has 0 bridgehead atoms. The van der Waals surface area contributed by atoms with Crippen LogP contribution in [0.5, 0.6) is 0 Å². The Balaban J connectivity index is 4.19. The third-order valence-electron chi connectivity index (χ3n) is 0.636. The molecule has 6 heteroatoms. The lowest BCUT2D eigenvalue weighted by Crippen LogP contribution is -2.36. The molecule has 0 aliphatic rings. The quantitative estimate of drug-likeness (QED) is 0.331. The Labute approximate surface area is 47.9 Å². The predicted octanol–water partition coefficient (Wildman–Crippen LogP) is 1.24. The molecule has 0 unspecified atom stereocenters. The number of hydrogen-bond donors (Lipinski definition) is 0. The zero-order valence-electron chi connectivity index (χ0n) is 4.37. The molecule has 0 radical (unpaired) electrons. The molecule has 0 saturated carbocycles. The first-order chi connectivity index (χ1) is 3.89. The standard InChI is InChI=1S/C3H3F4NO/c1-2(9)3(4,5)8(6)7/h1H3. The van der Waals surface area contributed by atoms with Crippen molar-refractivity contribution in [2.75, 3.05) is 0 Å². The van der Waals surface area contributed by atoms with Crippen molar-refractivity contribution in [1.29, 1.82) is 0 Å². The molecule has 0 N–H and O–H groups in total. The van der Waals surface area contributed by atoms with Crippen LogP contribution in [-0.2, 0) is 4.79 Å². The average molecular weight is 145 g/mol. The molecular weight excluding hydrogens is 142 g/mol. The van der Waals surface area contributed by atoms with Crippen molar-refractivity contribution in [3.8, 4) is 0 Å². The van der Waals surface area contributed by atoms with Crippen LogP contribution in [0.3, 0.4) is 0 Å². The molecule has 0 aromatic carbocycles. The topological polar surface area (TPSA) is 20.3 Å². The number of halogens is 4. The van der Waals surface area contributed by atoms with E-state index in [2.05, 4.69) is 0 Å². The van der Waals surface area contributed by atoms with Gasteiger partial charge in [0, 0.05) is 6.92 Å². The van der Waals surface area contributed by atoms with Crippen molar-refractivity contribution in [1.82, 2.24) is 5.34 Å². The Kier molecular flexibility index (Phi) is 2.13. The van der Waals surface area contributed by atoms with Crippen molar-refractivity contribution in [2.24, 2.45) is 0 Å². The summed E-state index contributed by atoms with van der Waals surface area (Å²) in [6.07, 6.45) is 0. The number of rotatable bonds is 2. The van der Waals surface area contributed by atoms with Gasteiger partial charge in [0.2, 0.25) is 5.78 Å². The fraction of sp³-hybridized carbons (Fsp3) is 0.667. The van der Waals surface area contributed by atoms with Gasteiger partial charge in [-0.25, -0.2) is 0 Å². The molecular formula is C3H3F4NO. The van der Waals surface area contributed by atoms with Crippen LogP contribution in [0.4, 0.5) is 17.7 Å². The summed E-state index contributed by atoms with van der Waals surface area (Å²) >= 11 is 0. The minimum atomic E-state index is -4.64. The lowest BCUT2D eigenvalue weighted by atomic mass is 10.4. The largest absolute Gasteiger partial charge is 0.415 e. The van der Waals surface area contributed by atoms with Crippen molar-refractivity contribution >= 4 is 5.78 Å². The van der Waals surface area contributed by atoms with Crippen LogP contribution < -0.4 is 0 Å². The maximum absolute atomic E-state index is 11.5. The summed E-state index contributed by atoms with van der Waals surface area (Å²) in [5.74, 6) is -1.88. The normalized spacial score (nSPS) is 12.2. The van der Waals surface area contributed by atoms with E-state index < -0.39 is 17.2 Å². The van der Waals surface area contributed by atoms with E-state index in [0.717, 1.165) is 0 Å². The van der Waals surface area contributed by atoms with Crippen molar-refractivity contribution < 1.29 is 22.5 Å². The van der Waals surface area contributed by atoms with E-state index in [-0.39, 0.29) is 0 Å². The van der Waals surface area contributed by atoms with E-state index in [4.69, 9.17) is 0 Å². The van der Waals surface area contributed by atoms with Crippen LogP contribution in [0.2, 0.25) is 0 Å². The van der Waals surface area contributed by atoms with Crippen molar-refractivity contribution in [3.63, 3.8) is 0 Å². The molecule has 54 valence electrons. The molecule has 0 atom stereocenters. The third kappa shape index (κ3) is 1.63. The Morgan fingerprint density at radius 2 is 1.78 bits per heavy atom. The van der Waals surface area contributed by atoms with Gasteiger partial charge in [0.05, 0.1) is 5.34 Å². The van der Waals surface area contributed by atoms with Gasteiger partial charge in [-0.05, 0) is 0 Å². The fourth-order valence-electron chi connectivity index (χ4n) is 0.119. The summed E-state index contributed by atoms with van der Waals surface area (Å²) in [5.41, 5.74) is 0. The minimum absolute atomic E-state index is 0.381. The van der Waals surface area contributed by atoms with Crippen molar-refractivity contribution in [2.45, 2.75) is 13.0 Å². The van der Waals surface area contributed by atoms with Gasteiger partial charge in [0.25, 0.3) is 0 Å². The predicted molar refractivity (Wildman–Crippen MR) is 19.7 cm³/mol. The Morgan fingerprint density at radius 3 is 1.78 bits per heavy atom. The second-order valence-corrected chi connectivity index (χ2v) is 1.33. The molecule has 0 aromatic heterocycles. The SMILES string of the molecule is CC(=O)C(F)(F)N(F)F. The monoisotopic (exact) mass is 145 g/mol. The maximum atomic E-state index is 11.5. The summed E-state index contributed by atoms with van der Waals surface area (Å²) in [6, 6.07) is -4.64. The molecule has 2 nitrogen and oxygen atoms in total. The van der Waals surface area contributed by atoms with E-state index in [1.165, 1.54) is 0 Å². The molecule has 0 fully saturated rings. The molecule has 9 heavy (non-hydrogen) atoms. The van der Waals surface area contributed by atoms with E-state index in [1.54, 1.807) is 0 Å². The number of nitrogens with zero attached hydrogens (tertiary/aromatic N) is 1. The van der Waals surface area contributed by atoms with Gasteiger partial charge in [-0.1, -0.05) is 8.96 Å². The van der Waals surface area contributed by atoms with E-state index in [9.17, 15) is 22.5 Å². The lowest BCUT2D eigenvalue weighted by Gasteiger charge is -2.10. The highest BCUT2D eigenvalue weighted by molar-refractivity contribution is 5.82. The summed E-state index contributed by atoms with van der Waals surface area (Å²) in [7, 11) is 0. The highest BCUT2D eigenvalue weighted by atomic mass is 19.4. The number of carbonyl (C=O) groups is 1. The minimum Gasteiger partial charge on any atom is -0.291 e. The van der Waals surface area contributed by atoms with Crippen molar-refractivity contribution in [3.05, 3.63) is 0 Å². The fourth-order valence-corrected chi connectivity index (χ4v) is 0.119. The highest BCUT2D eigenvalue weighted by Gasteiger charge is 2.44. The first-order valence-electron chi connectivity index (χ1n) is 1.89. The number of carbonyl (C=O) groups excluding carboxylic acids is 1. The van der Waals surface area contributed by atoms with Gasteiger partial charge >= 0.3 is 6.05 Å². The first-order valence-corrected chi connectivity index (χ1v) is 1.89. The van der Waals surface area contributed by atoms with Gasteiger partial charge in [0.1, 0.15) is 0 Å². The summed E-state index contributed by atoms with van der Waals surface area (Å²) < 4.78 is 44.8. The summed E-state index contributed by atoms with van der Waals surface area (Å²) in [4.78, 5) is 9.64. The molecule has 0 aliphatic heterocycles. The number of alkyl halides is 2. The van der Waals surface area contributed by atoms with E-state index in [1.807, 2.05) is 0 Å². The second kappa shape index (κ2) is 2.30. The Bertz CT molecular complexity index is 123. The van der Waals surface area contributed by atoms with Gasteiger partial charge < -0.3 is 0 Å². The van der Waals surface area contributed by atoms with Crippen LogP contribution in [0, 0.1) is 0 Å². The zero-order chi connectivity index (χ0) is 7.65. The lowest BCUT2D eigenvalue weighted by molar-refractivity contribution is -0.313. The van der Waals surface area contributed by atoms with Crippen LogP contribution in [-0.4, -0.2) is 17.2 Å². The molecule has 0 aromatic rings. The highest BCUT2D eigenvalue weighted by Crippen LogP contribution is 2.20. The van der Waals surface area contributed by atoms with Crippen LogP contribution in [0.15, 0.2) is 0 Å². The molecule has 0 saturated heterocycles. The van der Waals surface area contributed by atoms with Gasteiger partial charge in [0.15, 0.2) is 0 Å². The number of Topliss-reactive ketones (excluding diaryl/α,β-unsaturated/α-hetero) is 1. The maximum Gasteiger partial charge on any atom is 0.415 e. The summed E-state index contributed by atoms with van der Waals surface area (Å²) in [6.45, 7) is 0.381. The number of ketones is 1. The van der Waals surface area contributed by atoms with Crippen LogP contribution >= 0.6 is 0 Å². The molecule has 0 heterocycles. The first kappa shape index (κ1) is 8.35. The van der Waals surface area contributed by atoms with Crippen LogP contribution in [0.1, 0.15) is 6.92 Å². The summed E-state index contributed by atoms with van der Waals surface area (Å²) in [5, 5.41) is -2.42. The van der Waals surface area contributed by atoms with Crippen LogP contribution in [0.25, 0.3) is 0 Å². The van der Waals surface area contributed by atoms with E-state index >= 15 is 0 Å². The van der Waals surface area contributed by atoms with E-state index in [0.29, 0.717) is 6.92 Å². The van der Waals surface area contributed by atoms with Gasteiger partial charge in [-0.3, -0.25) is 4.79 Å². The number of hydrogen-bond acceptors (Lipinski definition) is 2.